The third-order valence-corrected chi connectivity index (χ3v) is 12.9. The highest BCUT2D eigenvalue weighted by molar-refractivity contribution is 7.67. The van der Waals surface area contributed by atoms with Gasteiger partial charge in [0.2, 0.25) is 0 Å². The maximum absolute atomic E-state index is 2.69. The number of fused-ring (bicyclic) bond motifs is 2. The Hall–Kier alpha value is -1.13. The molecule has 0 bridgehead atoms. The molecule has 0 aromatic heterocycles. The van der Waals surface area contributed by atoms with Gasteiger partial charge in [-0.1, -0.05) is 76.8 Å². The highest BCUT2D eigenvalue weighted by Gasteiger charge is 2.35. The number of hydrogen-bond acceptors (Lipinski definition) is 0. The summed E-state index contributed by atoms with van der Waals surface area (Å²) in [6, 6.07) is 12.7. The number of hydrogen-bond donors (Lipinski definition) is 0. The topological polar surface area (TPSA) is 0 Å². The first-order chi connectivity index (χ1) is 16.4. The average Bonchev–Trinajstić information content (AvgIpc) is 2.90. The molecule has 2 aromatic carbocycles. The largest absolute Gasteiger partial charge is 0.0683 e. The molecule has 6 rings (SSSR count). The average molecular weight is 459 g/mol. The van der Waals surface area contributed by atoms with E-state index in [1.165, 1.54) is 116 Å². The summed E-state index contributed by atoms with van der Waals surface area (Å²) in [4.78, 5) is 0. The van der Waals surface area contributed by atoms with Crippen molar-refractivity contribution < 1.29 is 0 Å². The Kier molecular flexibility index (Phi) is 6.93. The van der Waals surface area contributed by atoms with Crippen LogP contribution in [0.3, 0.4) is 0 Å². The lowest BCUT2D eigenvalue weighted by atomic mass is 9.81. The maximum atomic E-state index is 2.69. The molecule has 2 saturated carbocycles. The van der Waals surface area contributed by atoms with E-state index in [0.717, 1.165) is 11.3 Å². The van der Waals surface area contributed by atoms with Gasteiger partial charge in [-0.25, -0.2) is 0 Å². The Morgan fingerprint density at radius 1 is 0.515 bits per heavy atom. The first kappa shape index (κ1) is 22.3. The zero-order chi connectivity index (χ0) is 22.0. The molecular formula is C32H43P. The van der Waals surface area contributed by atoms with Gasteiger partial charge in [0, 0.05) is 0 Å². The van der Waals surface area contributed by atoms with Crippen molar-refractivity contribution in [1.29, 1.82) is 0 Å². The lowest BCUT2D eigenvalue weighted by molar-refractivity contribution is 0.487. The van der Waals surface area contributed by atoms with E-state index in [1.807, 2.05) is 5.30 Å². The molecule has 0 heterocycles. The quantitative estimate of drug-likeness (QED) is 0.401. The van der Waals surface area contributed by atoms with Crippen molar-refractivity contribution in [3.8, 4) is 11.1 Å². The van der Waals surface area contributed by atoms with Crippen molar-refractivity contribution in [2.24, 2.45) is 0 Å². The second-order valence-electron chi connectivity index (χ2n) is 11.4. The van der Waals surface area contributed by atoms with Crippen LogP contribution in [-0.2, 0) is 25.7 Å². The fraction of sp³-hybridized carbons (Fsp3) is 0.625. The Bertz CT molecular complexity index is 943. The van der Waals surface area contributed by atoms with Gasteiger partial charge in [-0.2, -0.15) is 0 Å². The molecular weight excluding hydrogens is 415 g/mol. The predicted molar refractivity (Wildman–Crippen MR) is 145 cm³/mol. The van der Waals surface area contributed by atoms with Crippen molar-refractivity contribution in [3.63, 3.8) is 0 Å². The van der Waals surface area contributed by atoms with Crippen molar-refractivity contribution in [1.82, 2.24) is 0 Å². The highest BCUT2D eigenvalue weighted by atomic mass is 31.1. The van der Waals surface area contributed by atoms with Gasteiger partial charge in [0.05, 0.1) is 0 Å². The molecule has 4 aliphatic carbocycles. The Morgan fingerprint density at radius 3 is 1.76 bits per heavy atom. The molecule has 2 fully saturated rings. The summed E-state index contributed by atoms with van der Waals surface area (Å²) >= 11 is 0. The van der Waals surface area contributed by atoms with Crippen LogP contribution >= 0.6 is 7.92 Å². The van der Waals surface area contributed by atoms with Crippen LogP contribution in [-0.4, -0.2) is 11.3 Å². The van der Waals surface area contributed by atoms with Crippen molar-refractivity contribution >= 4 is 13.2 Å². The zero-order valence-electron chi connectivity index (χ0n) is 20.7. The van der Waals surface area contributed by atoms with Crippen LogP contribution in [0.5, 0.6) is 0 Å². The molecule has 0 radical (unpaired) electrons. The van der Waals surface area contributed by atoms with Gasteiger partial charge in [0.15, 0.2) is 0 Å². The van der Waals surface area contributed by atoms with Crippen molar-refractivity contribution in [2.75, 3.05) is 0 Å². The minimum absolute atomic E-state index is 0.0650. The van der Waals surface area contributed by atoms with E-state index in [-0.39, 0.29) is 7.92 Å². The second-order valence-corrected chi connectivity index (χ2v) is 14.2. The molecule has 0 unspecified atom stereocenters. The van der Waals surface area contributed by atoms with Gasteiger partial charge >= 0.3 is 0 Å². The van der Waals surface area contributed by atoms with Crippen molar-refractivity contribution in [3.05, 3.63) is 52.6 Å². The fourth-order valence-electron chi connectivity index (χ4n) is 7.76. The normalized spacial score (nSPS) is 22.2. The molecule has 2 aromatic rings. The van der Waals surface area contributed by atoms with Crippen molar-refractivity contribution in [2.45, 2.75) is 127 Å². The summed E-state index contributed by atoms with van der Waals surface area (Å²) in [5.74, 6) is 0. The predicted octanol–water partition coefficient (Wildman–Crippen LogP) is 8.88. The first-order valence-corrected chi connectivity index (χ1v) is 15.9. The summed E-state index contributed by atoms with van der Waals surface area (Å²) in [5.41, 5.74) is 12.3. The molecule has 0 spiro atoms. The molecule has 4 aliphatic rings. The monoisotopic (exact) mass is 458 g/mol. The maximum Gasteiger partial charge on any atom is -0.00691 e. The summed E-state index contributed by atoms with van der Waals surface area (Å²) < 4.78 is 0. The summed E-state index contributed by atoms with van der Waals surface area (Å²) in [5, 5.41) is 1.85. The molecule has 0 nitrogen and oxygen atoms in total. The van der Waals surface area contributed by atoms with E-state index in [0.29, 0.717) is 0 Å². The van der Waals surface area contributed by atoms with Gasteiger partial charge < -0.3 is 0 Å². The second kappa shape index (κ2) is 10.2. The minimum atomic E-state index is -0.0650. The van der Waals surface area contributed by atoms with Crippen LogP contribution in [0.2, 0.25) is 0 Å². The van der Waals surface area contributed by atoms with Crippen LogP contribution in [0.1, 0.15) is 112 Å². The van der Waals surface area contributed by atoms with Crippen LogP contribution in [0.25, 0.3) is 11.1 Å². The van der Waals surface area contributed by atoms with Crippen LogP contribution < -0.4 is 5.30 Å². The van der Waals surface area contributed by atoms with Gasteiger partial charge in [0.25, 0.3) is 0 Å². The van der Waals surface area contributed by atoms with Crippen LogP contribution in [0, 0.1) is 0 Å². The first-order valence-electron chi connectivity index (χ1n) is 14.4. The van der Waals surface area contributed by atoms with Gasteiger partial charge in [-0.05, 0) is 127 Å². The Morgan fingerprint density at radius 2 is 1.09 bits per heavy atom. The molecule has 1 heteroatoms. The summed E-state index contributed by atoms with van der Waals surface area (Å²) in [7, 11) is -0.0650. The van der Waals surface area contributed by atoms with Crippen LogP contribution in [0.15, 0.2) is 30.3 Å². The third kappa shape index (κ3) is 4.47. The van der Waals surface area contributed by atoms with Gasteiger partial charge in [0.1, 0.15) is 0 Å². The van der Waals surface area contributed by atoms with Crippen LogP contribution in [0.4, 0.5) is 0 Å². The van der Waals surface area contributed by atoms with Gasteiger partial charge in [-0.15, -0.1) is 0 Å². The van der Waals surface area contributed by atoms with E-state index in [2.05, 4.69) is 30.3 Å². The minimum Gasteiger partial charge on any atom is -0.0683 e. The standard InChI is InChI=1S/C32H43P/c1-3-15-26(16-4-1)33(27-17-5-2-6-18-27)31-23-22-25-13-8-10-20-29(25)32(31)30-21-11-14-24-12-7-9-19-28(24)30/h11,14,21-23,26-27H,1-10,12-13,15-20H2. The van der Waals surface area contributed by atoms with E-state index in [4.69, 9.17) is 0 Å². The lowest BCUT2D eigenvalue weighted by Gasteiger charge is -2.40. The lowest BCUT2D eigenvalue weighted by Crippen LogP contribution is -2.28. The molecule has 0 saturated heterocycles. The van der Waals surface area contributed by atoms with E-state index in [9.17, 15) is 0 Å². The number of benzene rings is 2. The van der Waals surface area contributed by atoms with Gasteiger partial charge in [-0.3, -0.25) is 0 Å². The smallest absolute Gasteiger partial charge is 0.00691 e. The molecule has 33 heavy (non-hydrogen) atoms. The highest BCUT2D eigenvalue weighted by Crippen LogP contribution is 2.57. The molecule has 0 atom stereocenters. The molecule has 0 amide bonds. The molecule has 176 valence electrons. The third-order valence-electron chi connectivity index (χ3n) is 9.39. The molecule has 0 aliphatic heterocycles. The van der Waals surface area contributed by atoms with E-state index in [1.54, 1.807) is 33.4 Å². The number of aryl methyl sites for hydroxylation is 2. The SMILES string of the molecule is c1cc2c(c(-c3c(P(C4CCCCC4)C4CCCCC4)ccc4c3CCCC4)c1)CCCC2. The zero-order valence-corrected chi connectivity index (χ0v) is 21.6. The fourth-order valence-corrected chi connectivity index (χ4v) is 11.7. The Labute approximate surface area is 203 Å². The molecule has 0 N–H and O–H groups in total. The van der Waals surface area contributed by atoms with E-state index >= 15 is 0 Å². The van der Waals surface area contributed by atoms with E-state index < -0.39 is 0 Å². The Balaban J connectivity index is 1.54. The summed E-state index contributed by atoms with van der Waals surface area (Å²) in [6.45, 7) is 0. The number of rotatable bonds is 4. The summed E-state index contributed by atoms with van der Waals surface area (Å²) in [6.07, 6.45) is 25.7.